The molecule has 1 amide bonds. The number of carbonyl (C=O) groups is 2. The van der Waals surface area contributed by atoms with Gasteiger partial charge in [-0.1, -0.05) is 24.0 Å². The third-order valence-electron chi connectivity index (χ3n) is 3.14. The summed E-state index contributed by atoms with van der Waals surface area (Å²) in [6, 6.07) is 5.23. The van der Waals surface area contributed by atoms with Gasteiger partial charge in [-0.2, -0.15) is 0 Å². The first-order chi connectivity index (χ1) is 11.0. The zero-order valence-corrected chi connectivity index (χ0v) is 14.2. The van der Waals surface area contributed by atoms with Crippen LogP contribution in [0.3, 0.4) is 0 Å². The maximum absolute atomic E-state index is 12.4. The van der Waals surface area contributed by atoms with Crippen molar-refractivity contribution in [3.8, 4) is 11.5 Å². The van der Waals surface area contributed by atoms with Crippen LogP contribution in [0.25, 0.3) is 6.08 Å². The number of hydrogen-bond donors (Lipinski definition) is 0. The fraction of sp³-hybridized carbons (Fsp3) is 0.267. The number of methoxy groups -OCH3 is 2. The highest BCUT2D eigenvalue weighted by Gasteiger charge is 2.31. The molecule has 23 heavy (non-hydrogen) atoms. The lowest BCUT2D eigenvalue weighted by Crippen LogP contribution is -2.33. The van der Waals surface area contributed by atoms with Gasteiger partial charge in [0.2, 0.25) is 0 Å². The minimum absolute atomic E-state index is 0.000411. The van der Waals surface area contributed by atoms with Crippen molar-refractivity contribution in [3.05, 3.63) is 28.7 Å². The maximum atomic E-state index is 12.4. The van der Waals surface area contributed by atoms with Crippen molar-refractivity contribution in [2.24, 2.45) is 0 Å². The Morgan fingerprint density at radius 1 is 1.39 bits per heavy atom. The maximum Gasteiger partial charge on any atom is 0.266 e. The molecule has 122 valence electrons. The summed E-state index contributed by atoms with van der Waals surface area (Å²) in [4.78, 5) is 24.6. The van der Waals surface area contributed by atoms with Crippen LogP contribution in [0.15, 0.2) is 23.1 Å². The Labute approximate surface area is 143 Å². The predicted octanol–water partition coefficient (Wildman–Crippen LogP) is 1.04. The van der Waals surface area contributed by atoms with Gasteiger partial charge in [-0.05, 0) is 24.3 Å². The van der Waals surface area contributed by atoms with E-state index in [2.05, 4.69) is 0 Å². The molecule has 1 aliphatic rings. The Kier molecular flexibility index (Phi) is 5.62. The van der Waals surface area contributed by atoms with E-state index in [9.17, 15) is 14.7 Å². The number of thiocarbonyl (C=S) groups is 1. The number of carboxylic acids is 1. The molecule has 0 spiro atoms. The van der Waals surface area contributed by atoms with Crippen molar-refractivity contribution in [1.82, 2.24) is 4.90 Å². The molecule has 1 aromatic carbocycles. The molecule has 0 bridgehead atoms. The molecule has 1 aromatic rings. The molecular formula is C15H14NO5S2-. The van der Waals surface area contributed by atoms with Gasteiger partial charge in [-0.15, -0.1) is 0 Å². The quantitative estimate of drug-likeness (QED) is 0.559. The molecule has 2 rings (SSSR count). The van der Waals surface area contributed by atoms with E-state index in [0.29, 0.717) is 26.3 Å². The molecule has 6 nitrogen and oxygen atoms in total. The molecule has 0 radical (unpaired) electrons. The molecule has 1 fully saturated rings. The lowest BCUT2D eigenvalue weighted by Gasteiger charge is -2.14. The molecule has 0 aromatic heterocycles. The largest absolute Gasteiger partial charge is 0.550 e. The Morgan fingerprint density at radius 2 is 2.13 bits per heavy atom. The van der Waals surface area contributed by atoms with Crippen LogP contribution in [0.2, 0.25) is 0 Å². The van der Waals surface area contributed by atoms with Crippen LogP contribution in [-0.4, -0.2) is 41.9 Å². The van der Waals surface area contributed by atoms with Crippen LogP contribution < -0.4 is 14.6 Å². The first-order valence-corrected chi connectivity index (χ1v) is 7.86. The SMILES string of the molecule is COc1ccc(OC)c(/C=C2\SC(=S)N(CCC(=O)[O-])C2=O)c1. The van der Waals surface area contributed by atoms with Gasteiger partial charge in [-0.3, -0.25) is 9.69 Å². The number of hydrogen-bond acceptors (Lipinski definition) is 7. The van der Waals surface area contributed by atoms with Crippen molar-refractivity contribution in [1.29, 1.82) is 0 Å². The second-order valence-corrected chi connectivity index (χ2v) is 6.24. The lowest BCUT2D eigenvalue weighted by molar-refractivity contribution is -0.305. The molecule has 0 saturated carbocycles. The second-order valence-electron chi connectivity index (χ2n) is 4.56. The number of carboxylic acid groups (broad SMARTS) is 1. The number of ether oxygens (including phenoxy) is 2. The van der Waals surface area contributed by atoms with E-state index in [4.69, 9.17) is 21.7 Å². The van der Waals surface area contributed by atoms with Crippen LogP contribution in [0.5, 0.6) is 11.5 Å². The van der Waals surface area contributed by atoms with Gasteiger partial charge < -0.3 is 19.4 Å². The van der Waals surface area contributed by atoms with Crippen molar-refractivity contribution >= 4 is 46.3 Å². The first kappa shape index (κ1) is 17.3. The molecule has 0 aliphatic carbocycles. The average molecular weight is 352 g/mol. The zero-order chi connectivity index (χ0) is 17.0. The molecule has 8 heteroatoms. The molecule has 0 N–H and O–H groups in total. The van der Waals surface area contributed by atoms with Gasteiger partial charge in [0.05, 0.1) is 19.1 Å². The standard InChI is InChI=1S/C15H15NO5S2/c1-20-10-3-4-11(21-2)9(7-10)8-12-14(19)16(15(22)23-12)6-5-13(17)18/h3-4,7-8H,5-6H2,1-2H3,(H,17,18)/p-1/b12-8-. The van der Waals surface area contributed by atoms with E-state index in [1.54, 1.807) is 31.4 Å². The number of aliphatic carboxylic acids is 1. The summed E-state index contributed by atoms with van der Waals surface area (Å²) in [6.07, 6.45) is 1.39. The van der Waals surface area contributed by atoms with Crippen LogP contribution in [0, 0.1) is 0 Å². The van der Waals surface area contributed by atoms with Crippen molar-refractivity contribution < 1.29 is 24.2 Å². The third kappa shape index (κ3) is 4.02. The van der Waals surface area contributed by atoms with E-state index in [-0.39, 0.29) is 18.9 Å². The average Bonchev–Trinajstić information content (AvgIpc) is 2.79. The number of rotatable bonds is 6. The van der Waals surface area contributed by atoms with Gasteiger partial charge in [0, 0.05) is 24.5 Å². The van der Waals surface area contributed by atoms with Gasteiger partial charge in [-0.25, -0.2) is 0 Å². The Hall–Kier alpha value is -2.06. The summed E-state index contributed by atoms with van der Waals surface area (Å²) in [5.74, 6) is -0.334. The highest BCUT2D eigenvalue weighted by atomic mass is 32.2. The van der Waals surface area contributed by atoms with E-state index >= 15 is 0 Å². The predicted molar refractivity (Wildman–Crippen MR) is 89.0 cm³/mol. The van der Waals surface area contributed by atoms with Crippen LogP contribution in [-0.2, 0) is 9.59 Å². The normalized spacial score (nSPS) is 16.1. The number of amides is 1. The number of thioether (sulfide) groups is 1. The highest BCUT2D eigenvalue weighted by Crippen LogP contribution is 2.35. The van der Waals surface area contributed by atoms with Crippen LogP contribution in [0.1, 0.15) is 12.0 Å². The summed E-state index contributed by atoms with van der Waals surface area (Å²) >= 11 is 6.25. The van der Waals surface area contributed by atoms with E-state index in [1.165, 1.54) is 12.0 Å². The second kappa shape index (κ2) is 7.47. The fourth-order valence-electron chi connectivity index (χ4n) is 1.99. The molecule has 0 atom stereocenters. The molecule has 1 saturated heterocycles. The highest BCUT2D eigenvalue weighted by molar-refractivity contribution is 8.26. The van der Waals surface area contributed by atoms with Crippen LogP contribution >= 0.6 is 24.0 Å². The molecule has 1 aliphatic heterocycles. The summed E-state index contributed by atoms with van der Waals surface area (Å²) in [7, 11) is 3.08. The summed E-state index contributed by atoms with van der Waals surface area (Å²) < 4.78 is 10.8. The molecule has 1 heterocycles. The smallest absolute Gasteiger partial charge is 0.266 e. The van der Waals surface area contributed by atoms with E-state index < -0.39 is 5.97 Å². The van der Waals surface area contributed by atoms with Gasteiger partial charge in [0.15, 0.2) is 0 Å². The summed E-state index contributed by atoms with van der Waals surface area (Å²) in [5.41, 5.74) is 0.673. The third-order valence-corrected chi connectivity index (χ3v) is 4.51. The summed E-state index contributed by atoms with van der Waals surface area (Å²) in [5, 5.41) is 10.6. The van der Waals surface area contributed by atoms with Gasteiger partial charge in [0.1, 0.15) is 15.8 Å². The topological polar surface area (TPSA) is 78.9 Å². The van der Waals surface area contributed by atoms with E-state index in [1.807, 2.05) is 0 Å². The Balaban J connectivity index is 2.28. The van der Waals surface area contributed by atoms with E-state index in [0.717, 1.165) is 11.8 Å². The van der Waals surface area contributed by atoms with Crippen LogP contribution in [0.4, 0.5) is 0 Å². The molecule has 0 unspecified atom stereocenters. The Morgan fingerprint density at radius 3 is 2.74 bits per heavy atom. The minimum atomic E-state index is -1.22. The fourth-order valence-corrected chi connectivity index (χ4v) is 3.29. The van der Waals surface area contributed by atoms with Gasteiger partial charge in [0.25, 0.3) is 5.91 Å². The van der Waals surface area contributed by atoms with Gasteiger partial charge >= 0.3 is 0 Å². The number of benzene rings is 1. The summed E-state index contributed by atoms with van der Waals surface area (Å²) in [6.45, 7) is -0.000411. The zero-order valence-electron chi connectivity index (χ0n) is 12.5. The lowest BCUT2D eigenvalue weighted by atomic mass is 10.1. The monoisotopic (exact) mass is 352 g/mol. The number of nitrogens with zero attached hydrogens (tertiary/aromatic N) is 1. The molecular weight excluding hydrogens is 338 g/mol. The number of carbonyl (C=O) groups excluding carboxylic acids is 2. The van der Waals surface area contributed by atoms with Crippen molar-refractivity contribution in [2.75, 3.05) is 20.8 Å². The minimum Gasteiger partial charge on any atom is -0.550 e. The van der Waals surface area contributed by atoms with Crippen molar-refractivity contribution in [3.63, 3.8) is 0 Å². The first-order valence-electron chi connectivity index (χ1n) is 6.63. The Bertz CT molecular complexity index is 686. The van der Waals surface area contributed by atoms with Crippen molar-refractivity contribution in [2.45, 2.75) is 6.42 Å².